The normalized spacial score (nSPS) is 9.64. The van der Waals surface area contributed by atoms with Crippen molar-refractivity contribution >= 4 is 5.97 Å². The van der Waals surface area contributed by atoms with Crippen LogP contribution in [0.5, 0.6) is 0 Å². The molecule has 3 nitrogen and oxygen atoms in total. The summed E-state index contributed by atoms with van der Waals surface area (Å²) < 4.78 is 0. The molecule has 0 aliphatic carbocycles. The predicted molar refractivity (Wildman–Crippen MR) is 43.9 cm³/mol. The Morgan fingerprint density at radius 3 is 2.64 bits per heavy atom. The Bertz CT molecular complexity index is 104. The standard InChI is InChI=1S/C8H17NO2/c1-3-4-5-6-7-8(10)11-9-2/h9H,3-7H2,1-2H3. The first-order valence-corrected chi connectivity index (χ1v) is 4.17. The number of unbranched alkanes of at least 4 members (excludes halogenated alkanes) is 3. The van der Waals surface area contributed by atoms with Crippen LogP contribution in [0.3, 0.4) is 0 Å². The van der Waals surface area contributed by atoms with Gasteiger partial charge in [0.1, 0.15) is 0 Å². The monoisotopic (exact) mass is 159 g/mol. The van der Waals surface area contributed by atoms with E-state index in [0.29, 0.717) is 6.42 Å². The number of carbonyl (C=O) groups excluding carboxylic acids is 1. The van der Waals surface area contributed by atoms with Crippen molar-refractivity contribution in [1.29, 1.82) is 0 Å². The molecule has 0 atom stereocenters. The molecule has 0 aliphatic rings. The van der Waals surface area contributed by atoms with Crippen molar-refractivity contribution in [2.24, 2.45) is 0 Å². The van der Waals surface area contributed by atoms with Gasteiger partial charge in [-0.2, -0.15) is 5.48 Å². The highest BCUT2D eigenvalue weighted by atomic mass is 16.7. The molecule has 0 aromatic heterocycles. The summed E-state index contributed by atoms with van der Waals surface area (Å²) >= 11 is 0. The lowest BCUT2D eigenvalue weighted by atomic mass is 10.2. The van der Waals surface area contributed by atoms with E-state index in [-0.39, 0.29) is 5.97 Å². The largest absolute Gasteiger partial charge is 0.371 e. The average molecular weight is 159 g/mol. The third-order valence-electron chi connectivity index (χ3n) is 1.45. The van der Waals surface area contributed by atoms with E-state index in [4.69, 9.17) is 0 Å². The van der Waals surface area contributed by atoms with Gasteiger partial charge in [0.05, 0.1) is 0 Å². The summed E-state index contributed by atoms with van der Waals surface area (Å²) in [5, 5.41) is 0. The van der Waals surface area contributed by atoms with E-state index in [2.05, 4.69) is 17.2 Å². The lowest BCUT2D eigenvalue weighted by molar-refractivity contribution is -0.150. The second-order valence-electron chi connectivity index (χ2n) is 2.49. The fraction of sp³-hybridized carbons (Fsp3) is 0.875. The van der Waals surface area contributed by atoms with Gasteiger partial charge < -0.3 is 4.84 Å². The van der Waals surface area contributed by atoms with Crippen LogP contribution in [0.4, 0.5) is 0 Å². The van der Waals surface area contributed by atoms with Crippen molar-refractivity contribution in [3.05, 3.63) is 0 Å². The first-order chi connectivity index (χ1) is 5.31. The van der Waals surface area contributed by atoms with Gasteiger partial charge >= 0.3 is 5.97 Å². The Morgan fingerprint density at radius 1 is 1.36 bits per heavy atom. The third-order valence-corrected chi connectivity index (χ3v) is 1.45. The Labute approximate surface area is 68.1 Å². The van der Waals surface area contributed by atoms with E-state index in [1.807, 2.05) is 0 Å². The SMILES string of the molecule is CCCCCCC(=O)ONC. The molecule has 0 aromatic carbocycles. The van der Waals surface area contributed by atoms with E-state index >= 15 is 0 Å². The first-order valence-electron chi connectivity index (χ1n) is 4.17. The molecule has 0 unspecified atom stereocenters. The van der Waals surface area contributed by atoms with Gasteiger partial charge in [0.25, 0.3) is 0 Å². The van der Waals surface area contributed by atoms with Crippen LogP contribution >= 0.6 is 0 Å². The van der Waals surface area contributed by atoms with E-state index < -0.39 is 0 Å². The number of rotatable bonds is 6. The van der Waals surface area contributed by atoms with E-state index in [0.717, 1.165) is 12.8 Å². The van der Waals surface area contributed by atoms with Gasteiger partial charge in [-0.3, -0.25) is 4.79 Å². The van der Waals surface area contributed by atoms with Crippen molar-refractivity contribution in [2.45, 2.75) is 39.0 Å². The van der Waals surface area contributed by atoms with Gasteiger partial charge in [0.15, 0.2) is 0 Å². The fourth-order valence-corrected chi connectivity index (χ4v) is 0.861. The third kappa shape index (κ3) is 7.33. The van der Waals surface area contributed by atoms with Crippen LogP contribution in [0.2, 0.25) is 0 Å². The molecule has 0 bridgehead atoms. The fourth-order valence-electron chi connectivity index (χ4n) is 0.861. The van der Waals surface area contributed by atoms with Crippen LogP contribution in [0, 0.1) is 0 Å². The number of nitrogens with one attached hydrogen (secondary N) is 1. The predicted octanol–water partition coefficient (Wildman–Crippen LogP) is 1.63. The van der Waals surface area contributed by atoms with Crippen LogP contribution in [0.25, 0.3) is 0 Å². The molecule has 0 spiro atoms. The molecule has 0 rings (SSSR count). The van der Waals surface area contributed by atoms with Crippen molar-refractivity contribution < 1.29 is 9.63 Å². The van der Waals surface area contributed by atoms with Gasteiger partial charge in [0.2, 0.25) is 0 Å². The molecule has 0 fully saturated rings. The highest BCUT2D eigenvalue weighted by Crippen LogP contribution is 2.02. The summed E-state index contributed by atoms with van der Waals surface area (Å²) in [6.45, 7) is 2.14. The summed E-state index contributed by atoms with van der Waals surface area (Å²) in [6.07, 6.45) is 4.98. The Hall–Kier alpha value is -0.570. The molecule has 0 radical (unpaired) electrons. The zero-order valence-corrected chi connectivity index (χ0v) is 7.35. The summed E-state index contributed by atoms with van der Waals surface area (Å²) in [5.74, 6) is -0.163. The second kappa shape index (κ2) is 7.54. The number of hydrogen-bond donors (Lipinski definition) is 1. The van der Waals surface area contributed by atoms with Crippen LogP contribution in [0.1, 0.15) is 39.0 Å². The molecular formula is C8H17NO2. The molecule has 66 valence electrons. The zero-order valence-electron chi connectivity index (χ0n) is 7.35. The molecule has 0 aromatic rings. The van der Waals surface area contributed by atoms with Gasteiger partial charge in [0, 0.05) is 13.5 Å². The van der Waals surface area contributed by atoms with Crippen molar-refractivity contribution in [2.75, 3.05) is 7.05 Å². The lowest BCUT2D eigenvalue weighted by Gasteiger charge is -2.00. The average Bonchev–Trinajstić information content (AvgIpc) is 1.99. The first kappa shape index (κ1) is 10.4. The van der Waals surface area contributed by atoms with Gasteiger partial charge in [-0.25, -0.2) is 0 Å². The van der Waals surface area contributed by atoms with E-state index in [9.17, 15) is 4.79 Å². The molecule has 0 saturated carbocycles. The van der Waals surface area contributed by atoms with Crippen molar-refractivity contribution in [3.8, 4) is 0 Å². The molecule has 0 saturated heterocycles. The summed E-state index contributed by atoms with van der Waals surface area (Å²) in [6, 6.07) is 0. The number of hydroxylamine groups is 1. The highest BCUT2D eigenvalue weighted by molar-refractivity contribution is 5.68. The maximum absolute atomic E-state index is 10.7. The summed E-state index contributed by atoms with van der Waals surface area (Å²) in [4.78, 5) is 15.3. The van der Waals surface area contributed by atoms with Crippen LogP contribution in [-0.2, 0) is 9.63 Å². The minimum absolute atomic E-state index is 0.163. The molecule has 3 heteroatoms. The van der Waals surface area contributed by atoms with E-state index in [1.54, 1.807) is 7.05 Å². The number of carbonyl (C=O) groups is 1. The highest BCUT2D eigenvalue weighted by Gasteiger charge is 1.99. The lowest BCUT2D eigenvalue weighted by Crippen LogP contribution is -2.14. The van der Waals surface area contributed by atoms with Gasteiger partial charge in [-0.15, -0.1) is 0 Å². The van der Waals surface area contributed by atoms with Gasteiger partial charge in [-0.05, 0) is 6.42 Å². The van der Waals surface area contributed by atoms with E-state index in [1.165, 1.54) is 12.8 Å². The maximum atomic E-state index is 10.7. The molecule has 0 amide bonds. The zero-order chi connectivity index (χ0) is 8.53. The van der Waals surface area contributed by atoms with Crippen LogP contribution in [-0.4, -0.2) is 13.0 Å². The van der Waals surface area contributed by atoms with Crippen LogP contribution in [0.15, 0.2) is 0 Å². The molecule has 0 heterocycles. The topological polar surface area (TPSA) is 38.3 Å². The van der Waals surface area contributed by atoms with Crippen LogP contribution < -0.4 is 5.48 Å². The summed E-state index contributed by atoms with van der Waals surface area (Å²) in [5.41, 5.74) is 2.36. The molecular weight excluding hydrogens is 142 g/mol. The second-order valence-corrected chi connectivity index (χ2v) is 2.49. The smallest absolute Gasteiger partial charge is 0.324 e. The molecule has 1 N–H and O–H groups in total. The Balaban J connectivity index is 3.04. The molecule has 11 heavy (non-hydrogen) atoms. The molecule has 0 aliphatic heterocycles. The minimum atomic E-state index is -0.163. The minimum Gasteiger partial charge on any atom is -0.371 e. The van der Waals surface area contributed by atoms with Crippen molar-refractivity contribution in [3.63, 3.8) is 0 Å². The van der Waals surface area contributed by atoms with Gasteiger partial charge in [-0.1, -0.05) is 26.2 Å². The summed E-state index contributed by atoms with van der Waals surface area (Å²) in [7, 11) is 1.59. The quantitative estimate of drug-likeness (QED) is 0.473. The maximum Gasteiger partial charge on any atom is 0.324 e. The Morgan fingerprint density at radius 2 is 2.09 bits per heavy atom. The van der Waals surface area contributed by atoms with Crippen molar-refractivity contribution in [1.82, 2.24) is 5.48 Å². The number of hydrogen-bond acceptors (Lipinski definition) is 3. The Kier molecular flexibility index (Phi) is 7.15.